The number of aliphatic imine (C=N–C) groups is 1. The van der Waals surface area contributed by atoms with Crippen molar-refractivity contribution >= 4 is 29.9 Å². The molecule has 0 saturated carbocycles. The molecule has 0 spiro atoms. The fourth-order valence-corrected chi connectivity index (χ4v) is 3.59. The second-order valence-electron chi connectivity index (χ2n) is 6.97. The van der Waals surface area contributed by atoms with Gasteiger partial charge in [0.15, 0.2) is 5.96 Å². The summed E-state index contributed by atoms with van der Waals surface area (Å²) in [5, 5.41) is 11.2. The number of nitrogens with zero attached hydrogens (tertiary/aromatic N) is 5. The highest BCUT2D eigenvalue weighted by Gasteiger charge is 2.24. The van der Waals surface area contributed by atoms with Gasteiger partial charge in [-0.2, -0.15) is 5.10 Å². The molecular weight excluding hydrogens is 445 g/mol. The number of hydrogen-bond donors (Lipinski definition) is 2. The molecule has 2 N–H and O–H groups in total. The van der Waals surface area contributed by atoms with Crippen LogP contribution in [0.3, 0.4) is 0 Å². The van der Waals surface area contributed by atoms with E-state index in [1.807, 2.05) is 4.68 Å². The molecule has 0 amide bonds. The topological polar surface area (TPSA) is 79.6 Å². The van der Waals surface area contributed by atoms with Crippen molar-refractivity contribution in [3.05, 3.63) is 12.2 Å². The summed E-state index contributed by atoms with van der Waals surface area (Å²) in [5.74, 6) is 1.97. The number of nitrogens with one attached hydrogen (secondary N) is 2. The van der Waals surface area contributed by atoms with Crippen LogP contribution in [0.25, 0.3) is 0 Å². The first kappa shape index (κ1) is 21.4. The molecule has 1 aromatic rings. The van der Waals surface area contributed by atoms with Crippen LogP contribution in [0.5, 0.6) is 0 Å². The van der Waals surface area contributed by atoms with Crippen LogP contribution in [0.15, 0.2) is 11.3 Å². The first-order valence-electron chi connectivity index (χ1n) is 9.42. The van der Waals surface area contributed by atoms with Crippen molar-refractivity contribution in [1.82, 2.24) is 30.3 Å². The van der Waals surface area contributed by atoms with Gasteiger partial charge in [-0.15, -0.1) is 24.0 Å². The number of morpholine rings is 1. The van der Waals surface area contributed by atoms with Gasteiger partial charge in [-0.1, -0.05) is 0 Å². The van der Waals surface area contributed by atoms with E-state index in [1.165, 1.54) is 0 Å². The zero-order valence-corrected chi connectivity index (χ0v) is 18.3. The number of rotatable bonds is 5. The maximum atomic E-state index is 5.53. The zero-order chi connectivity index (χ0) is 17.6. The van der Waals surface area contributed by atoms with Gasteiger partial charge in [0, 0.05) is 37.6 Å². The Kier molecular flexibility index (Phi) is 8.55. The lowest BCUT2D eigenvalue weighted by atomic mass is 10.1. The van der Waals surface area contributed by atoms with Crippen LogP contribution in [-0.4, -0.2) is 76.6 Å². The Balaban J connectivity index is 0.00000243. The molecule has 0 radical (unpaired) electrons. The highest BCUT2D eigenvalue weighted by atomic mass is 127. The third-order valence-electron chi connectivity index (χ3n) is 4.99. The maximum Gasteiger partial charge on any atom is 0.191 e. The van der Waals surface area contributed by atoms with E-state index < -0.39 is 0 Å². The number of hydrogen-bond acceptors (Lipinski definition) is 5. The summed E-state index contributed by atoms with van der Waals surface area (Å²) in [6.07, 6.45) is 3.65. The smallest absolute Gasteiger partial charge is 0.191 e. The highest BCUT2D eigenvalue weighted by Crippen LogP contribution is 2.12. The Bertz CT molecular complexity index is 579. The van der Waals surface area contributed by atoms with E-state index in [0.717, 1.165) is 64.0 Å². The Morgan fingerprint density at radius 3 is 3.12 bits per heavy atom. The second-order valence-corrected chi connectivity index (χ2v) is 6.97. The van der Waals surface area contributed by atoms with Crippen molar-refractivity contribution in [1.29, 1.82) is 0 Å². The molecule has 1 saturated heterocycles. The van der Waals surface area contributed by atoms with Crippen LogP contribution in [0.2, 0.25) is 0 Å². The minimum atomic E-state index is 0. The lowest BCUT2D eigenvalue weighted by molar-refractivity contribution is -0.0165. The number of halogens is 1. The summed E-state index contributed by atoms with van der Waals surface area (Å²) >= 11 is 0. The summed E-state index contributed by atoms with van der Waals surface area (Å²) in [6, 6.07) is 1.20. The summed E-state index contributed by atoms with van der Waals surface area (Å²) in [7, 11) is 0. The van der Waals surface area contributed by atoms with Gasteiger partial charge in [0.1, 0.15) is 12.2 Å². The third-order valence-corrected chi connectivity index (χ3v) is 4.99. The first-order chi connectivity index (χ1) is 12.2. The van der Waals surface area contributed by atoms with Gasteiger partial charge in [-0.05, 0) is 27.2 Å². The lowest BCUT2D eigenvalue weighted by Crippen LogP contribution is -2.50. The van der Waals surface area contributed by atoms with E-state index in [9.17, 15) is 0 Å². The van der Waals surface area contributed by atoms with Crippen molar-refractivity contribution < 1.29 is 4.74 Å². The fourth-order valence-electron chi connectivity index (χ4n) is 3.59. The van der Waals surface area contributed by atoms with Gasteiger partial charge in [0.25, 0.3) is 0 Å². The molecular formula is C17H32IN7O. The molecule has 0 aliphatic carbocycles. The molecule has 148 valence electrons. The van der Waals surface area contributed by atoms with Crippen molar-refractivity contribution in [2.45, 2.75) is 58.3 Å². The molecule has 1 fully saturated rings. The molecule has 2 aliphatic rings. The average molecular weight is 477 g/mol. The van der Waals surface area contributed by atoms with Crippen LogP contribution in [0.1, 0.15) is 33.0 Å². The normalized spacial score (nSPS) is 25.1. The van der Waals surface area contributed by atoms with E-state index in [4.69, 9.17) is 9.73 Å². The predicted octanol–water partition coefficient (Wildman–Crippen LogP) is 0.875. The maximum absolute atomic E-state index is 5.53. The molecule has 3 heterocycles. The summed E-state index contributed by atoms with van der Waals surface area (Å²) in [5.41, 5.74) is 0. The second kappa shape index (κ2) is 10.4. The summed E-state index contributed by atoms with van der Waals surface area (Å²) in [6.45, 7) is 11.7. The predicted molar refractivity (Wildman–Crippen MR) is 113 cm³/mol. The Labute approximate surface area is 173 Å². The Morgan fingerprint density at radius 1 is 1.50 bits per heavy atom. The van der Waals surface area contributed by atoms with E-state index in [1.54, 1.807) is 6.33 Å². The van der Waals surface area contributed by atoms with Gasteiger partial charge >= 0.3 is 0 Å². The molecule has 0 aromatic carbocycles. The van der Waals surface area contributed by atoms with Crippen molar-refractivity contribution in [2.75, 3.05) is 32.8 Å². The van der Waals surface area contributed by atoms with Crippen molar-refractivity contribution in [3.63, 3.8) is 0 Å². The summed E-state index contributed by atoms with van der Waals surface area (Å²) in [4.78, 5) is 11.6. The van der Waals surface area contributed by atoms with Gasteiger partial charge < -0.3 is 15.4 Å². The third kappa shape index (κ3) is 5.53. The molecule has 8 nitrogen and oxygen atoms in total. The first-order valence-corrected chi connectivity index (χ1v) is 9.42. The average Bonchev–Trinajstić information content (AvgIpc) is 3.08. The van der Waals surface area contributed by atoms with Crippen LogP contribution in [-0.2, 0) is 17.7 Å². The van der Waals surface area contributed by atoms with Gasteiger partial charge in [-0.25, -0.2) is 9.67 Å². The molecule has 26 heavy (non-hydrogen) atoms. The van der Waals surface area contributed by atoms with E-state index >= 15 is 0 Å². The van der Waals surface area contributed by atoms with Crippen LogP contribution >= 0.6 is 24.0 Å². The van der Waals surface area contributed by atoms with Crippen LogP contribution < -0.4 is 10.6 Å². The highest BCUT2D eigenvalue weighted by molar-refractivity contribution is 14.0. The number of guanidine groups is 1. The number of aryl methyl sites for hydroxylation is 1. The standard InChI is InChI=1S/C17H31N7O.HI/c1-4-18-17(19-9-13(2)23-7-8-25-11-14(23)3)22-15-5-6-16-20-12-21-24(16)10-15;/h12-15H,4-11H2,1-3H3,(H2,18,19,22);1H. The quantitative estimate of drug-likeness (QED) is 0.373. The van der Waals surface area contributed by atoms with Crippen molar-refractivity contribution in [3.8, 4) is 0 Å². The molecule has 3 atom stereocenters. The lowest BCUT2D eigenvalue weighted by Gasteiger charge is -2.37. The molecule has 3 unspecified atom stereocenters. The number of aromatic nitrogens is 3. The van der Waals surface area contributed by atoms with Crippen LogP contribution in [0.4, 0.5) is 0 Å². The monoisotopic (exact) mass is 477 g/mol. The molecule has 2 aliphatic heterocycles. The van der Waals surface area contributed by atoms with Gasteiger partial charge in [0.05, 0.1) is 26.3 Å². The van der Waals surface area contributed by atoms with Crippen LogP contribution in [0, 0.1) is 0 Å². The van der Waals surface area contributed by atoms with Gasteiger partial charge in [-0.3, -0.25) is 9.89 Å². The molecule has 9 heteroatoms. The van der Waals surface area contributed by atoms with E-state index in [-0.39, 0.29) is 24.0 Å². The SMILES string of the molecule is CCNC(=NCC(C)N1CCOCC1C)NC1CCc2ncnn2C1.I. The Hall–Kier alpha value is -0.940. The van der Waals surface area contributed by atoms with E-state index in [0.29, 0.717) is 18.1 Å². The zero-order valence-electron chi connectivity index (χ0n) is 16.0. The minimum Gasteiger partial charge on any atom is -0.379 e. The minimum absolute atomic E-state index is 0. The molecule has 3 rings (SSSR count). The fraction of sp³-hybridized carbons (Fsp3) is 0.824. The molecule has 0 bridgehead atoms. The number of ether oxygens (including phenoxy) is 1. The Morgan fingerprint density at radius 2 is 2.35 bits per heavy atom. The van der Waals surface area contributed by atoms with E-state index in [2.05, 4.69) is 46.4 Å². The largest absolute Gasteiger partial charge is 0.379 e. The summed E-state index contributed by atoms with van der Waals surface area (Å²) < 4.78 is 7.52. The van der Waals surface area contributed by atoms with Gasteiger partial charge in [0.2, 0.25) is 0 Å². The molecule has 1 aromatic heterocycles. The van der Waals surface area contributed by atoms with Crippen molar-refractivity contribution in [2.24, 2.45) is 4.99 Å². The number of fused-ring (bicyclic) bond motifs is 1.